The Balaban J connectivity index is 2.24. The second kappa shape index (κ2) is 5.91. The number of hydrogen-bond donors (Lipinski definition) is 1. The number of hydrogen-bond acceptors (Lipinski definition) is 3. The van der Waals surface area contributed by atoms with E-state index in [1.165, 1.54) is 0 Å². The van der Waals surface area contributed by atoms with E-state index in [4.69, 9.17) is 10.5 Å². The van der Waals surface area contributed by atoms with Gasteiger partial charge in [0.1, 0.15) is 5.82 Å². The second-order valence-electron chi connectivity index (χ2n) is 4.71. The van der Waals surface area contributed by atoms with Gasteiger partial charge < -0.3 is 15.4 Å². The third-order valence-electron chi connectivity index (χ3n) is 3.19. The van der Waals surface area contributed by atoms with Crippen LogP contribution in [0.5, 0.6) is 0 Å². The van der Waals surface area contributed by atoms with Crippen LogP contribution in [0.2, 0.25) is 0 Å². The molecule has 0 aromatic heterocycles. The molecule has 9 heteroatoms. The second-order valence-corrected chi connectivity index (χ2v) is 4.71. The first kappa shape index (κ1) is 16.2. The summed E-state index contributed by atoms with van der Waals surface area (Å²) in [5.74, 6) is -2.98. The number of alkyl halides is 3. The topological polar surface area (TPSA) is 72.6 Å². The lowest BCUT2D eigenvalue weighted by molar-refractivity contribution is -0.140. The molecule has 1 aromatic rings. The van der Waals surface area contributed by atoms with E-state index in [9.17, 15) is 27.2 Å². The van der Waals surface area contributed by atoms with Gasteiger partial charge in [0, 0.05) is 12.1 Å². The fourth-order valence-electron chi connectivity index (χ4n) is 2.06. The molecule has 1 fully saturated rings. The van der Waals surface area contributed by atoms with Gasteiger partial charge in [-0.15, -0.1) is 0 Å². The normalized spacial score (nSPS) is 19.1. The van der Waals surface area contributed by atoms with Crippen LogP contribution >= 0.6 is 0 Å². The fraction of sp³-hybridized carbons (Fsp3) is 0.385. The van der Waals surface area contributed by atoms with Crippen molar-refractivity contribution >= 4 is 11.8 Å². The summed E-state index contributed by atoms with van der Waals surface area (Å²) >= 11 is 0. The molecule has 2 N–H and O–H groups in total. The minimum Gasteiger partial charge on any atom is -0.367 e. The monoisotopic (exact) mass is 320 g/mol. The van der Waals surface area contributed by atoms with Gasteiger partial charge in [0.25, 0.3) is 5.91 Å². The predicted octanol–water partition coefficient (Wildman–Crippen LogP) is 1.17. The van der Waals surface area contributed by atoms with Crippen molar-refractivity contribution in [3.8, 4) is 0 Å². The third kappa shape index (κ3) is 3.35. The standard InChI is InChI=1S/C13H12F4N2O3/c14-9-2-1-7(5-8(9)13(15,16)17)12(21)19-3-4-22-10(6-19)11(18)20/h1-2,5,10H,3-4,6H2,(H2,18,20). The van der Waals surface area contributed by atoms with Crippen LogP contribution in [0.25, 0.3) is 0 Å². The zero-order valence-electron chi connectivity index (χ0n) is 11.2. The minimum atomic E-state index is -4.90. The maximum atomic E-state index is 13.2. The molecule has 1 atom stereocenters. The Hall–Kier alpha value is -2.16. The predicted molar refractivity (Wildman–Crippen MR) is 66.2 cm³/mol. The Bertz CT molecular complexity index is 603. The Morgan fingerprint density at radius 1 is 1.32 bits per heavy atom. The number of primary amides is 1. The lowest BCUT2D eigenvalue weighted by Gasteiger charge is -2.31. The van der Waals surface area contributed by atoms with Crippen molar-refractivity contribution in [2.45, 2.75) is 12.3 Å². The number of rotatable bonds is 2. The van der Waals surface area contributed by atoms with Crippen molar-refractivity contribution in [1.82, 2.24) is 4.90 Å². The molecule has 120 valence electrons. The Labute approximate surface area is 122 Å². The smallest absolute Gasteiger partial charge is 0.367 e. The molecular formula is C13H12F4N2O3. The van der Waals surface area contributed by atoms with Crippen molar-refractivity contribution in [1.29, 1.82) is 0 Å². The van der Waals surface area contributed by atoms with E-state index in [2.05, 4.69) is 0 Å². The van der Waals surface area contributed by atoms with E-state index in [1.807, 2.05) is 0 Å². The van der Waals surface area contributed by atoms with Crippen LogP contribution in [0.4, 0.5) is 17.6 Å². The molecular weight excluding hydrogens is 308 g/mol. The van der Waals surface area contributed by atoms with Crippen LogP contribution in [0, 0.1) is 5.82 Å². The lowest BCUT2D eigenvalue weighted by atomic mass is 10.1. The molecule has 1 heterocycles. The Kier molecular flexibility index (Phi) is 4.36. The van der Waals surface area contributed by atoms with Gasteiger partial charge in [-0.3, -0.25) is 9.59 Å². The van der Waals surface area contributed by atoms with Crippen LogP contribution in [-0.4, -0.2) is 42.5 Å². The highest BCUT2D eigenvalue weighted by Gasteiger charge is 2.35. The number of nitrogens with zero attached hydrogens (tertiary/aromatic N) is 1. The third-order valence-corrected chi connectivity index (χ3v) is 3.19. The SMILES string of the molecule is NC(=O)C1CN(C(=O)c2ccc(F)c(C(F)(F)F)c2)CCO1. The van der Waals surface area contributed by atoms with Gasteiger partial charge in [0.15, 0.2) is 6.10 Å². The van der Waals surface area contributed by atoms with Crippen molar-refractivity contribution < 1.29 is 31.9 Å². The van der Waals surface area contributed by atoms with Crippen LogP contribution < -0.4 is 5.73 Å². The number of ether oxygens (including phenoxy) is 1. The highest BCUT2D eigenvalue weighted by molar-refractivity contribution is 5.95. The van der Waals surface area contributed by atoms with Gasteiger partial charge in [-0.1, -0.05) is 0 Å². The van der Waals surface area contributed by atoms with Gasteiger partial charge >= 0.3 is 6.18 Å². The van der Waals surface area contributed by atoms with Crippen LogP contribution in [0.1, 0.15) is 15.9 Å². The molecule has 0 bridgehead atoms. The van der Waals surface area contributed by atoms with E-state index in [0.717, 1.165) is 11.0 Å². The van der Waals surface area contributed by atoms with E-state index >= 15 is 0 Å². The fourth-order valence-corrected chi connectivity index (χ4v) is 2.06. The first-order chi connectivity index (χ1) is 10.2. The maximum Gasteiger partial charge on any atom is 0.419 e. The summed E-state index contributed by atoms with van der Waals surface area (Å²) in [4.78, 5) is 24.4. The number of benzene rings is 1. The summed E-state index contributed by atoms with van der Waals surface area (Å²) in [6.07, 6.45) is -5.92. The summed E-state index contributed by atoms with van der Waals surface area (Å²) in [5.41, 5.74) is 3.23. The van der Waals surface area contributed by atoms with Crippen molar-refractivity contribution in [3.05, 3.63) is 35.1 Å². The van der Waals surface area contributed by atoms with Crippen molar-refractivity contribution in [2.24, 2.45) is 5.73 Å². The van der Waals surface area contributed by atoms with Crippen molar-refractivity contribution in [3.63, 3.8) is 0 Å². The number of amides is 2. The molecule has 1 aromatic carbocycles. The highest BCUT2D eigenvalue weighted by atomic mass is 19.4. The zero-order valence-corrected chi connectivity index (χ0v) is 11.2. The summed E-state index contributed by atoms with van der Waals surface area (Å²) in [6, 6.07) is 2.00. The van der Waals surface area contributed by atoms with Gasteiger partial charge in [0.05, 0.1) is 18.7 Å². The van der Waals surface area contributed by atoms with Gasteiger partial charge in [-0.2, -0.15) is 13.2 Å². The molecule has 0 saturated carbocycles. The molecule has 2 amide bonds. The molecule has 0 radical (unpaired) electrons. The quantitative estimate of drug-likeness (QED) is 0.832. The molecule has 1 saturated heterocycles. The molecule has 1 aliphatic heterocycles. The number of halogens is 4. The average Bonchev–Trinajstić information content (AvgIpc) is 2.46. The summed E-state index contributed by atoms with van der Waals surface area (Å²) in [6.45, 7) is -0.0269. The van der Waals surface area contributed by atoms with Crippen LogP contribution in [0.3, 0.4) is 0 Å². The minimum absolute atomic E-state index is 0.0344. The zero-order chi connectivity index (χ0) is 16.5. The lowest BCUT2D eigenvalue weighted by Crippen LogP contribution is -2.50. The van der Waals surface area contributed by atoms with Gasteiger partial charge in [0.2, 0.25) is 5.91 Å². The van der Waals surface area contributed by atoms with Crippen LogP contribution in [-0.2, 0) is 15.7 Å². The largest absolute Gasteiger partial charge is 0.419 e. The number of carbonyl (C=O) groups is 2. The molecule has 1 unspecified atom stereocenters. The first-order valence-corrected chi connectivity index (χ1v) is 6.27. The molecule has 0 spiro atoms. The molecule has 2 rings (SSSR count). The molecule has 5 nitrogen and oxygen atoms in total. The van der Waals surface area contributed by atoms with E-state index < -0.39 is 35.5 Å². The molecule has 22 heavy (non-hydrogen) atoms. The van der Waals surface area contributed by atoms with E-state index in [1.54, 1.807) is 0 Å². The van der Waals surface area contributed by atoms with Crippen molar-refractivity contribution in [2.75, 3.05) is 19.7 Å². The molecule has 1 aliphatic rings. The van der Waals surface area contributed by atoms with E-state index in [0.29, 0.717) is 12.1 Å². The summed E-state index contributed by atoms with van der Waals surface area (Å²) in [5, 5.41) is 0. The number of nitrogens with two attached hydrogens (primary N) is 1. The van der Waals surface area contributed by atoms with Gasteiger partial charge in [-0.25, -0.2) is 4.39 Å². The number of morpholine rings is 1. The Morgan fingerprint density at radius 2 is 2.00 bits per heavy atom. The average molecular weight is 320 g/mol. The highest BCUT2D eigenvalue weighted by Crippen LogP contribution is 2.32. The summed E-state index contributed by atoms with van der Waals surface area (Å²) < 4.78 is 56.2. The van der Waals surface area contributed by atoms with Gasteiger partial charge in [-0.05, 0) is 18.2 Å². The molecule has 0 aliphatic carbocycles. The van der Waals surface area contributed by atoms with E-state index in [-0.39, 0.29) is 25.3 Å². The summed E-state index contributed by atoms with van der Waals surface area (Å²) in [7, 11) is 0. The first-order valence-electron chi connectivity index (χ1n) is 6.27. The Morgan fingerprint density at radius 3 is 2.59 bits per heavy atom. The number of carbonyl (C=O) groups excluding carboxylic acids is 2. The van der Waals surface area contributed by atoms with Crippen LogP contribution in [0.15, 0.2) is 18.2 Å². The maximum absolute atomic E-state index is 13.2.